The maximum absolute atomic E-state index is 11.0. The van der Waals surface area contributed by atoms with Crippen LogP contribution in [0.25, 0.3) is 0 Å². The summed E-state index contributed by atoms with van der Waals surface area (Å²) in [6.45, 7) is 0.677. The molecular weight excluding hydrogens is 266 g/mol. The summed E-state index contributed by atoms with van der Waals surface area (Å²) < 4.78 is 0. The first-order valence-electron chi connectivity index (χ1n) is 6.26. The van der Waals surface area contributed by atoms with Crippen LogP contribution in [0, 0.1) is 0 Å². The van der Waals surface area contributed by atoms with E-state index in [1.54, 1.807) is 0 Å². The van der Waals surface area contributed by atoms with Crippen molar-refractivity contribution in [3.8, 4) is 0 Å². The molecule has 5 heteroatoms. The van der Waals surface area contributed by atoms with Gasteiger partial charge in [-0.05, 0) is 42.5 Å². The van der Waals surface area contributed by atoms with E-state index in [0.29, 0.717) is 17.5 Å². The highest BCUT2D eigenvalue weighted by molar-refractivity contribution is 7.99. The Balaban J connectivity index is 1.87. The van der Waals surface area contributed by atoms with Gasteiger partial charge in [0.05, 0.1) is 0 Å². The largest absolute Gasteiger partial charge is 0.477 e. The third-order valence-corrected chi connectivity index (χ3v) is 5.52. The quantitative estimate of drug-likeness (QED) is 0.872. The van der Waals surface area contributed by atoms with Gasteiger partial charge in [-0.2, -0.15) is 11.8 Å². The number of rotatable bonds is 5. The number of hydrogen-bond donors (Lipinski definition) is 2. The minimum Gasteiger partial charge on any atom is -0.477 e. The summed E-state index contributed by atoms with van der Waals surface area (Å²) in [5.74, 6) is -0.813. The van der Waals surface area contributed by atoms with Crippen LogP contribution in [0.4, 0.5) is 0 Å². The normalized spacial score (nSPS) is 24.1. The third-order valence-electron chi connectivity index (χ3n) is 3.48. The highest BCUT2D eigenvalue weighted by Crippen LogP contribution is 2.27. The molecule has 0 aromatic carbocycles. The molecule has 0 radical (unpaired) electrons. The van der Waals surface area contributed by atoms with Crippen molar-refractivity contribution < 1.29 is 9.90 Å². The van der Waals surface area contributed by atoms with Gasteiger partial charge in [0.15, 0.2) is 0 Å². The SMILES string of the molecule is CSC1CCCC(NCc2ccsc2C(=O)O)C1. The van der Waals surface area contributed by atoms with Crippen LogP contribution < -0.4 is 5.32 Å². The summed E-state index contributed by atoms with van der Waals surface area (Å²) in [5, 5.41) is 15.2. The van der Waals surface area contributed by atoms with Gasteiger partial charge in [-0.25, -0.2) is 4.79 Å². The highest BCUT2D eigenvalue weighted by atomic mass is 32.2. The van der Waals surface area contributed by atoms with Crippen LogP contribution in [0.15, 0.2) is 11.4 Å². The number of thioether (sulfide) groups is 1. The standard InChI is InChI=1S/C13H19NO2S2/c1-17-11-4-2-3-10(7-11)14-8-9-5-6-18-12(9)13(15)16/h5-6,10-11,14H,2-4,7-8H2,1H3,(H,15,16). The van der Waals surface area contributed by atoms with E-state index in [4.69, 9.17) is 5.11 Å². The van der Waals surface area contributed by atoms with Gasteiger partial charge >= 0.3 is 5.97 Å². The summed E-state index contributed by atoms with van der Waals surface area (Å²) >= 11 is 3.25. The zero-order valence-corrected chi connectivity index (χ0v) is 12.1. The molecule has 2 N–H and O–H groups in total. The Kier molecular flexibility index (Phi) is 5.09. The van der Waals surface area contributed by atoms with Crippen LogP contribution in [0.5, 0.6) is 0 Å². The molecule has 1 aliphatic rings. The maximum Gasteiger partial charge on any atom is 0.346 e. The summed E-state index contributed by atoms with van der Waals surface area (Å²) in [5.41, 5.74) is 0.916. The molecule has 18 heavy (non-hydrogen) atoms. The first kappa shape index (κ1) is 13.9. The molecular formula is C13H19NO2S2. The number of thiophene rings is 1. The second-order valence-electron chi connectivity index (χ2n) is 4.68. The van der Waals surface area contributed by atoms with Gasteiger partial charge in [0.25, 0.3) is 0 Å². The first-order chi connectivity index (χ1) is 8.70. The number of nitrogens with one attached hydrogen (secondary N) is 1. The molecule has 1 aromatic rings. The van der Waals surface area contributed by atoms with E-state index in [9.17, 15) is 4.79 Å². The van der Waals surface area contributed by atoms with Gasteiger partial charge in [-0.3, -0.25) is 0 Å². The molecule has 0 aliphatic heterocycles. The van der Waals surface area contributed by atoms with Crippen molar-refractivity contribution in [3.63, 3.8) is 0 Å². The van der Waals surface area contributed by atoms with Crippen molar-refractivity contribution in [1.82, 2.24) is 5.32 Å². The topological polar surface area (TPSA) is 49.3 Å². The van der Waals surface area contributed by atoms with Crippen molar-refractivity contribution in [3.05, 3.63) is 21.9 Å². The molecule has 0 spiro atoms. The van der Waals surface area contributed by atoms with Crippen LogP contribution in [0.3, 0.4) is 0 Å². The second kappa shape index (κ2) is 6.59. The van der Waals surface area contributed by atoms with E-state index in [2.05, 4.69) is 11.6 Å². The van der Waals surface area contributed by atoms with Gasteiger partial charge < -0.3 is 10.4 Å². The number of hydrogen-bond acceptors (Lipinski definition) is 4. The Hall–Kier alpha value is -0.520. The van der Waals surface area contributed by atoms with Gasteiger partial charge in [0, 0.05) is 17.8 Å². The Morgan fingerprint density at radius 3 is 3.17 bits per heavy atom. The molecule has 0 bridgehead atoms. The van der Waals surface area contributed by atoms with Crippen LogP contribution in [-0.2, 0) is 6.54 Å². The maximum atomic E-state index is 11.0. The molecule has 2 unspecified atom stereocenters. The van der Waals surface area contributed by atoms with Crippen LogP contribution >= 0.6 is 23.1 Å². The van der Waals surface area contributed by atoms with Crippen molar-refractivity contribution >= 4 is 29.1 Å². The van der Waals surface area contributed by atoms with Crippen LogP contribution in [-0.4, -0.2) is 28.6 Å². The molecule has 1 aromatic heterocycles. The second-order valence-corrected chi connectivity index (χ2v) is 6.74. The summed E-state index contributed by atoms with van der Waals surface area (Å²) in [6, 6.07) is 2.45. The smallest absolute Gasteiger partial charge is 0.346 e. The summed E-state index contributed by atoms with van der Waals surface area (Å²) in [7, 11) is 0. The fourth-order valence-electron chi connectivity index (χ4n) is 2.46. The van der Waals surface area contributed by atoms with E-state index >= 15 is 0 Å². The van der Waals surface area contributed by atoms with E-state index in [1.807, 2.05) is 23.2 Å². The molecule has 1 saturated carbocycles. The first-order valence-corrected chi connectivity index (χ1v) is 8.43. The minimum absolute atomic E-state index is 0.472. The Morgan fingerprint density at radius 1 is 1.61 bits per heavy atom. The van der Waals surface area contributed by atoms with Crippen molar-refractivity contribution in [1.29, 1.82) is 0 Å². The molecule has 3 nitrogen and oxygen atoms in total. The Morgan fingerprint density at radius 2 is 2.44 bits per heavy atom. The van der Waals surface area contributed by atoms with Crippen molar-refractivity contribution in [2.24, 2.45) is 0 Å². The lowest BCUT2D eigenvalue weighted by atomic mass is 9.95. The number of carboxylic acid groups (broad SMARTS) is 1. The van der Waals surface area contributed by atoms with Gasteiger partial charge in [0.2, 0.25) is 0 Å². The van der Waals surface area contributed by atoms with E-state index in [1.165, 1.54) is 37.0 Å². The van der Waals surface area contributed by atoms with Crippen molar-refractivity contribution in [2.45, 2.75) is 43.5 Å². The number of aromatic carboxylic acids is 1. The minimum atomic E-state index is -0.813. The van der Waals surface area contributed by atoms with Crippen molar-refractivity contribution in [2.75, 3.05) is 6.26 Å². The molecule has 2 rings (SSSR count). The average molecular weight is 285 g/mol. The Labute approximate surface area is 116 Å². The van der Waals surface area contributed by atoms with E-state index < -0.39 is 5.97 Å². The molecule has 100 valence electrons. The fourth-order valence-corrected chi connectivity index (χ4v) is 4.05. The average Bonchev–Trinajstić information content (AvgIpc) is 2.85. The molecule has 1 fully saturated rings. The summed E-state index contributed by atoms with van der Waals surface area (Å²) in [6.07, 6.45) is 7.18. The monoisotopic (exact) mass is 285 g/mol. The number of carbonyl (C=O) groups is 1. The molecule has 1 aliphatic carbocycles. The van der Waals surface area contributed by atoms with Gasteiger partial charge in [-0.1, -0.05) is 6.42 Å². The van der Waals surface area contributed by atoms with Gasteiger partial charge in [0.1, 0.15) is 4.88 Å². The lowest BCUT2D eigenvalue weighted by molar-refractivity contribution is 0.0701. The lowest BCUT2D eigenvalue weighted by Crippen LogP contribution is -2.34. The highest BCUT2D eigenvalue weighted by Gasteiger charge is 2.21. The fraction of sp³-hybridized carbons (Fsp3) is 0.615. The predicted octanol–water partition coefficient (Wildman–Crippen LogP) is 3.21. The molecule has 1 heterocycles. The summed E-state index contributed by atoms with van der Waals surface area (Å²) in [4.78, 5) is 11.5. The number of carboxylic acids is 1. The molecule has 0 amide bonds. The molecule has 0 saturated heterocycles. The predicted molar refractivity (Wildman–Crippen MR) is 77.7 cm³/mol. The Bertz CT molecular complexity index is 405. The van der Waals surface area contributed by atoms with Crippen LogP contribution in [0.1, 0.15) is 40.9 Å². The van der Waals surface area contributed by atoms with Gasteiger partial charge in [-0.15, -0.1) is 11.3 Å². The molecule has 2 atom stereocenters. The zero-order valence-electron chi connectivity index (χ0n) is 10.5. The zero-order chi connectivity index (χ0) is 13.0. The lowest BCUT2D eigenvalue weighted by Gasteiger charge is -2.28. The van der Waals surface area contributed by atoms with E-state index in [0.717, 1.165) is 10.8 Å². The third kappa shape index (κ3) is 3.49. The van der Waals surface area contributed by atoms with Crippen LogP contribution in [0.2, 0.25) is 0 Å². The van der Waals surface area contributed by atoms with E-state index in [-0.39, 0.29) is 0 Å².